The number of nitrogens with one attached hydrogen (secondary N) is 1. The Morgan fingerprint density at radius 3 is 2.81 bits per heavy atom. The number of ether oxygens (including phenoxy) is 1. The van der Waals surface area contributed by atoms with E-state index in [1.165, 1.54) is 12.8 Å². The van der Waals surface area contributed by atoms with E-state index in [1.54, 1.807) is 0 Å². The van der Waals surface area contributed by atoms with Crippen LogP contribution in [0.5, 0.6) is 0 Å². The van der Waals surface area contributed by atoms with Crippen molar-refractivity contribution in [1.29, 1.82) is 0 Å². The van der Waals surface area contributed by atoms with Gasteiger partial charge in [0.25, 0.3) is 0 Å². The molecule has 1 fully saturated rings. The molecule has 0 aliphatic heterocycles. The van der Waals surface area contributed by atoms with Crippen molar-refractivity contribution in [2.75, 3.05) is 32.9 Å². The zero-order valence-corrected chi connectivity index (χ0v) is 10.2. The van der Waals surface area contributed by atoms with Crippen LogP contribution >= 0.6 is 0 Å². The zero-order valence-electron chi connectivity index (χ0n) is 10.2. The van der Waals surface area contributed by atoms with E-state index in [0.717, 1.165) is 13.0 Å². The Kier molecular flexibility index (Phi) is 6.96. The van der Waals surface area contributed by atoms with Gasteiger partial charge in [-0.25, -0.2) is 0 Å². The Balaban J connectivity index is 2.05. The summed E-state index contributed by atoms with van der Waals surface area (Å²) in [5.41, 5.74) is 0. The molecule has 0 aromatic heterocycles. The van der Waals surface area contributed by atoms with Gasteiger partial charge in [0, 0.05) is 19.8 Å². The van der Waals surface area contributed by atoms with Crippen molar-refractivity contribution in [3.8, 4) is 0 Å². The van der Waals surface area contributed by atoms with Crippen LogP contribution in [0.4, 0.5) is 0 Å². The molecule has 0 saturated heterocycles. The van der Waals surface area contributed by atoms with Crippen molar-refractivity contribution in [3.63, 3.8) is 0 Å². The maximum Gasteiger partial charge on any atom is 0.0897 e. The fraction of sp³-hybridized carbons (Fsp3) is 1.00. The lowest BCUT2D eigenvalue weighted by Crippen LogP contribution is -2.34. The average Bonchev–Trinajstić information content (AvgIpc) is 2.74. The van der Waals surface area contributed by atoms with E-state index >= 15 is 0 Å². The second kappa shape index (κ2) is 8.01. The summed E-state index contributed by atoms with van der Waals surface area (Å²) in [6, 6.07) is 0. The Bertz CT molecular complexity index is 178. The quantitative estimate of drug-likeness (QED) is 0.565. The van der Waals surface area contributed by atoms with Crippen LogP contribution in [0.25, 0.3) is 0 Å². The lowest BCUT2D eigenvalue weighted by Gasteiger charge is -2.19. The van der Waals surface area contributed by atoms with Gasteiger partial charge in [-0.2, -0.15) is 0 Å². The monoisotopic (exact) mass is 231 g/mol. The van der Waals surface area contributed by atoms with Gasteiger partial charge in [0.15, 0.2) is 0 Å². The van der Waals surface area contributed by atoms with Crippen LogP contribution < -0.4 is 5.32 Å². The summed E-state index contributed by atoms with van der Waals surface area (Å²) >= 11 is 0. The maximum atomic E-state index is 9.54. The molecule has 4 nitrogen and oxygen atoms in total. The molecule has 0 bridgehead atoms. The summed E-state index contributed by atoms with van der Waals surface area (Å²) in [5.74, 6) is 1.03. The minimum atomic E-state index is -0.422. The van der Waals surface area contributed by atoms with E-state index in [9.17, 15) is 5.11 Å². The molecule has 0 radical (unpaired) electrons. The van der Waals surface area contributed by atoms with Gasteiger partial charge in [0.2, 0.25) is 0 Å². The fourth-order valence-electron chi connectivity index (χ4n) is 2.37. The third-order valence-electron chi connectivity index (χ3n) is 3.35. The molecule has 1 aliphatic carbocycles. The first-order valence-corrected chi connectivity index (χ1v) is 6.35. The van der Waals surface area contributed by atoms with Crippen molar-refractivity contribution in [2.24, 2.45) is 11.8 Å². The summed E-state index contributed by atoms with van der Waals surface area (Å²) in [6.45, 7) is 4.74. The van der Waals surface area contributed by atoms with Crippen LogP contribution in [0, 0.1) is 11.8 Å². The molecule has 1 saturated carbocycles. The number of aliphatic hydroxyl groups is 2. The first-order chi connectivity index (χ1) is 7.77. The first kappa shape index (κ1) is 13.9. The van der Waals surface area contributed by atoms with Crippen LogP contribution in [-0.4, -0.2) is 49.2 Å². The summed E-state index contributed by atoms with van der Waals surface area (Å²) < 4.78 is 5.13. The van der Waals surface area contributed by atoms with Gasteiger partial charge in [0.05, 0.1) is 12.7 Å². The summed E-state index contributed by atoms with van der Waals surface area (Å²) in [5, 5.41) is 22.0. The van der Waals surface area contributed by atoms with Crippen molar-refractivity contribution in [1.82, 2.24) is 5.32 Å². The summed E-state index contributed by atoms with van der Waals surface area (Å²) in [7, 11) is 0. The highest BCUT2D eigenvalue weighted by Crippen LogP contribution is 2.30. The van der Waals surface area contributed by atoms with Gasteiger partial charge in [-0.1, -0.05) is 6.42 Å². The van der Waals surface area contributed by atoms with E-state index in [0.29, 0.717) is 38.2 Å². The topological polar surface area (TPSA) is 61.7 Å². The van der Waals surface area contributed by atoms with E-state index in [-0.39, 0.29) is 0 Å². The highest BCUT2D eigenvalue weighted by Gasteiger charge is 2.26. The SMILES string of the molecule is CCOCC(O)CNCC1CCCC1CO. The molecule has 0 aromatic rings. The standard InChI is InChI=1S/C12H25NO3/c1-2-16-9-12(15)7-13-6-10-4-3-5-11(10)8-14/h10-15H,2-9H2,1H3. The Labute approximate surface area is 98.0 Å². The van der Waals surface area contributed by atoms with Crippen molar-refractivity contribution in [3.05, 3.63) is 0 Å². The Morgan fingerprint density at radius 2 is 2.12 bits per heavy atom. The predicted octanol–water partition coefficient (Wildman–Crippen LogP) is 0.382. The van der Waals surface area contributed by atoms with Crippen molar-refractivity contribution < 1.29 is 14.9 Å². The largest absolute Gasteiger partial charge is 0.396 e. The van der Waals surface area contributed by atoms with Crippen LogP contribution in [0.1, 0.15) is 26.2 Å². The van der Waals surface area contributed by atoms with Gasteiger partial charge in [0.1, 0.15) is 0 Å². The smallest absolute Gasteiger partial charge is 0.0897 e. The van der Waals surface area contributed by atoms with E-state index in [2.05, 4.69) is 5.32 Å². The van der Waals surface area contributed by atoms with Crippen LogP contribution in [0.15, 0.2) is 0 Å². The van der Waals surface area contributed by atoms with Crippen LogP contribution in [0.3, 0.4) is 0 Å². The second-order valence-electron chi connectivity index (χ2n) is 4.61. The number of rotatable bonds is 8. The lowest BCUT2D eigenvalue weighted by molar-refractivity contribution is 0.0420. The molecule has 4 heteroatoms. The Morgan fingerprint density at radius 1 is 1.38 bits per heavy atom. The van der Waals surface area contributed by atoms with Crippen LogP contribution in [-0.2, 0) is 4.74 Å². The van der Waals surface area contributed by atoms with Gasteiger partial charge in [-0.15, -0.1) is 0 Å². The van der Waals surface area contributed by atoms with Gasteiger partial charge in [-0.3, -0.25) is 0 Å². The molecule has 0 amide bonds. The van der Waals surface area contributed by atoms with Gasteiger partial charge in [-0.05, 0) is 38.1 Å². The number of hydrogen-bond donors (Lipinski definition) is 3. The fourth-order valence-corrected chi connectivity index (χ4v) is 2.37. The minimum Gasteiger partial charge on any atom is -0.396 e. The molecule has 0 heterocycles. The lowest BCUT2D eigenvalue weighted by atomic mass is 9.97. The molecule has 16 heavy (non-hydrogen) atoms. The summed E-state index contributed by atoms with van der Waals surface area (Å²) in [6.07, 6.45) is 3.14. The van der Waals surface area contributed by atoms with E-state index < -0.39 is 6.10 Å². The molecule has 0 aromatic carbocycles. The molecule has 3 atom stereocenters. The zero-order chi connectivity index (χ0) is 11.8. The maximum absolute atomic E-state index is 9.54. The minimum absolute atomic E-state index is 0.299. The third kappa shape index (κ3) is 4.78. The van der Waals surface area contributed by atoms with Gasteiger partial charge >= 0.3 is 0 Å². The second-order valence-corrected chi connectivity index (χ2v) is 4.61. The molecule has 1 rings (SSSR count). The molecule has 96 valence electrons. The van der Waals surface area contributed by atoms with E-state index in [1.807, 2.05) is 6.92 Å². The number of hydrogen-bond acceptors (Lipinski definition) is 4. The van der Waals surface area contributed by atoms with Crippen molar-refractivity contribution in [2.45, 2.75) is 32.3 Å². The predicted molar refractivity (Wildman–Crippen MR) is 63.3 cm³/mol. The summed E-state index contributed by atoms with van der Waals surface area (Å²) in [4.78, 5) is 0. The van der Waals surface area contributed by atoms with Gasteiger partial charge < -0.3 is 20.3 Å². The molecular weight excluding hydrogens is 206 g/mol. The van der Waals surface area contributed by atoms with Crippen LogP contribution in [0.2, 0.25) is 0 Å². The van der Waals surface area contributed by atoms with E-state index in [4.69, 9.17) is 9.84 Å². The number of aliphatic hydroxyl groups excluding tert-OH is 2. The third-order valence-corrected chi connectivity index (χ3v) is 3.35. The normalized spacial score (nSPS) is 27.2. The highest BCUT2D eigenvalue weighted by atomic mass is 16.5. The molecular formula is C12H25NO3. The molecule has 3 unspecified atom stereocenters. The Hall–Kier alpha value is -0.160. The average molecular weight is 231 g/mol. The highest BCUT2D eigenvalue weighted by molar-refractivity contribution is 4.78. The molecule has 3 N–H and O–H groups in total. The first-order valence-electron chi connectivity index (χ1n) is 6.35. The molecule has 0 spiro atoms. The van der Waals surface area contributed by atoms with Crippen molar-refractivity contribution >= 4 is 0 Å². The molecule has 1 aliphatic rings.